The van der Waals surface area contributed by atoms with Gasteiger partial charge < -0.3 is 19.3 Å². The molecule has 0 aliphatic heterocycles. The number of ether oxygens (including phenoxy) is 2. The molecule has 0 N–H and O–H groups in total. The molecule has 14 heavy (non-hydrogen) atoms. The van der Waals surface area contributed by atoms with Gasteiger partial charge in [-0.05, 0) is 28.2 Å². The van der Waals surface area contributed by atoms with Crippen LogP contribution in [-0.4, -0.2) is 77.5 Å². The number of rotatable bonds is 7. The van der Waals surface area contributed by atoms with Crippen LogP contribution in [0.4, 0.5) is 0 Å². The Bertz CT molecular complexity index is 124. The zero-order chi connectivity index (χ0) is 11.1. The van der Waals surface area contributed by atoms with E-state index < -0.39 is 0 Å². The molecule has 0 fully saturated rings. The Kier molecular flexibility index (Phi) is 7.09. The van der Waals surface area contributed by atoms with Crippen molar-refractivity contribution in [2.24, 2.45) is 0 Å². The van der Waals surface area contributed by atoms with E-state index >= 15 is 0 Å². The molecule has 0 radical (unpaired) electrons. The van der Waals surface area contributed by atoms with Crippen molar-refractivity contribution < 1.29 is 9.47 Å². The minimum atomic E-state index is 0.123. The standard InChI is InChI=1S/C10H24N2O2/c1-11(2)7-9(13-5)10(14-6)8-12(3)4/h9-10H,7-8H2,1-6H3/t9-,10?/m1/s1. The Morgan fingerprint density at radius 2 is 1.07 bits per heavy atom. The van der Waals surface area contributed by atoms with E-state index in [1.54, 1.807) is 14.2 Å². The van der Waals surface area contributed by atoms with Crippen LogP contribution in [-0.2, 0) is 9.47 Å². The lowest BCUT2D eigenvalue weighted by atomic mass is 10.2. The molecule has 0 saturated carbocycles. The van der Waals surface area contributed by atoms with Crippen LogP contribution in [0.3, 0.4) is 0 Å². The Morgan fingerprint density at radius 3 is 1.21 bits per heavy atom. The van der Waals surface area contributed by atoms with E-state index in [9.17, 15) is 0 Å². The summed E-state index contributed by atoms with van der Waals surface area (Å²) in [6, 6.07) is 0. The van der Waals surface area contributed by atoms with Gasteiger partial charge in [0.25, 0.3) is 0 Å². The van der Waals surface area contributed by atoms with Crippen molar-refractivity contribution in [3.63, 3.8) is 0 Å². The largest absolute Gasteiger partial charge is 0.377 e. The third-order valence-electron chi connectivity index (χ3n) is 2.11. The molecule has 0 heterocycles. The maximum atomic E-state index is 5.42. The SMILES string of the molecule is COC(CN(C)C)[C@@H](CN(C)C)OC. The smallest absolute Gasteiger partial charge is 0.0971 e. The summed E-state index contributed by atoms with van der Waals surface area (Å²) >= 11 is 0. The maximum absolute atomic E-state index is 5.42. The van der Waals surface area contributed by atoms with Gasteiger partial charge in [0, 0.05) is 27.3 Å². The van der Waals surface area contributed by atoms with Gasteiger partial charge in [0.1, 0.15) is 0 Å². The van der Waals surface area contributed by atoms with E-state index in [0.29, 0.717) is 0 Å². The second kappa shape index (κ2) is 7.17. The maximum Gasteiger partial charge on any atom is 0.0971 e. The summed E-state index contributed by atoms with van der Waals surface area (Å²) in [6.45, 7) is 1.76. The van der Waals surface area contributed by atoms with Crippen LogP contribution in [0.15, 0.2) is 0 Å². The van der Waals surface area contributed by atoms with Crippen LogP contribution >= 0.6 is 0 Å². The van der Waals surface area contributed by atoms with Crippen LogP contribution < -0.4 is 0 Å². The third kappa shape index (κ3) is 5.54. The number of methoxy groups -OCH3 is 2. The molecule has 0 amide bonds. The molecule has 4 nitrogen and oxygen atoms in total. The van der Waals surface area contributed by atoms with Crippen molar-refractivity contribution in [3.05, 3.63) is 0 Å². The fourth-order valence-electron chi connectivity index (χ4n) is 1.41. The minimum absolute atomic E-state index is 0.123. The van der Waals surface area contributed by atoms with Gasteiger partial charge in [-0.15, -0.1) is 0 Å². The van der Waals surface area contributed by atoms with Gasteiger partial charge in [0.05, 0.1) is 12.2 Å². The van der Waals surface area contributed by atoms with E-state index in [2.05, 4.69) is 9.80 Å². The molecule has 0 aromatic carbocycles. The molecule has 0 saturated heterocycles. The zero-order valence-electron chi connectivity index (χ0n) is 10.3. The molecule has 0 rings (SSSR count). The van der Waals surface area contributed by atoms with Crippen molar-refractivity contribution in [2.45, 2.75) is 12.2 Å². The highest BCUT2D eigenvalue weighted by atomic mass is 16.5. The highest BCUT2D eigenvalue weighted by Crippen LogP contribution is 2.05. The topological polar surface area (TPSA) is 24.9 Å². The first kappa shape index (κ1) is 13.8. The average Bonchev–Trinajstić information content (AvgIpc) is 2.10. The zero-order valence-corrected chi connectivity index (χ0v) is 10.3. The van der Waals surface area contributed by atoms with Crippen molar-refractivity contribution in [1.82, 2.24) is 9.80 Å². The summed E-state index contributed by atoms with van der Waals surface area (Å²) in [6.07, 6.45) is 0.245. The molecular weight excluding hydrogens is 180 g/mol. The lowest BCUT2D eigenvalue weighted by Crippen LogP contribution is -2.43. The van der Waals surface area contributed by atoms with E-state index in [1.807, 2.05) is 28.2 Å². The van der Waals surface area contributed by atoms with Gasteiger partial charge in [-0.2, -0.15) is 0 Å². The molecule has 0 spiro atoms. The Labute approximate surface area is 87.8 Å². The fraction of sp³-hybridized carbons (Fsp3) is 1.00. The Balaban J connectivity index is 4.14. The molecule has 4 heteroatoms. The van der Waals surface area contributed by atoms with Crippen molar-refractivity contribution in [2.75, 3.05) is 55.5 Å². The normalized spacial score (nSPS) is 16.3. The molecule has 1 unspecified atom stereocenters. The predicted octanol–water partition coefficient (Wildman–Crippen LogP) is 0.140. The van der Waals surface area contributed by atoms with E-state index in [1.165, 1.54) is 0 Å². The third-order valence-corrected chi connectivity index (χ3v) is 2.11. The molecule has 0 aromatic heterocycles. The van der Waals surface area contributed by atoms with Gasteiger partial charge >= 0.3 is 0 Å². The van der Waals surface area contributed by atoms with E-state index in [4.69, 9.17) is 9.47 Å². The van der Waals surface area contributed by atoms with E-state index in [-0.39, 0.29) is 12.2 Å². The van der Waals surface area contributed by atoms with Crippen LogP contribution in [0.1, 0.15) is 0 Å². The van der Waals surface area contributed by atoms with Crippen molar-refractivity contribution in [1.29, 1.82) is 0 Å². The van der Waals surface area contributed by atoms with Crippen LogP contribution in [0, 0.1) is 0 Å². The first-order valence-electron chi connectivity index (χ1n) is 4.86. The first-order chi connectivity index (χ1) is 6.51. The van der Waals surface area contributed by atoms with Gasteiger partial charge in [0.2, 0.25) is 0 Å². The Morgan fingerprint density at radius 1 is 0.786 bits per heavy atom. The molecule has 86 valence electrons. The number of hydrogen-bond donors (Lipinski definition) is 0. The van der Waals surface area contributed by atoms with Crippen LogP contribution in [0.25, 0.3) is 0 Å². The lowest BCUT2D eigenvalue weighted by Gasteiger charge is -2.29. The first-order valence-corrected chi connectivity index (χ1v) is 4.86. The quantitative estimate of drug-likeness (QED) is 0.589. The minimum Gasteiger partial charge on any atom is -0.377 e. The van der Waals surface area contributed by atoms with Crippen molar-refractivity contribution >= 4 is 0 Å². The summed E-state index contributed by atoms with van der Waals surface area (Å²) in [7, 11) is 11.6. The van der Waals surface area contributed by atoms with Gasteiger partial charge in [-0.3, -0.25) is 0 Å². The summed E-state index contributed by atoms with van der Waals surface area (Å²) in [5.74, 6) is 0. The lowest BCUT2D eigenvalue weighted by molar-refractivity contribution is -0.0539. The number of nitrogens with zero attached hydrogens (tertiary/aromatic N) is 2. The predicted molar refractivity (Wildman–Crippen MR) is 58.7 cm³/mol. The second-order valence-corrected chi connectivity index (χ2v) is 4.07. The summed E-state index contributed by atoms with van der Waals surface area (Å²) in [5, 5.41) is 0. The second-order valence-electron chi connectivity index (χ2n) is 4.07. The highest BCUT2D eigenvalue weighted by molar-refractivity contribution is 4.74. The molecule has 0 aliphatic rings. The molecule has 2 atom stereocenters. The molecule has 0 aromatic rings. The molecule has 0 aliphatic carbocycles. The average molecular weight is 204 g/mol. The number of hydrogen-bond acceptors (Lipinski definition) is 4. The van der Waals surface area contributed by atoms with Crippen molar-refractivity contribution in [3.8, 4) is 0 Å². The number of likely N-dealkylation sites (N-methyl/N-ethyl adjacent to an activating group) is 2. The van der Waals surface area contributed by atoms with Gasteiger partial charge in [-0.1, -0.05) is 0 Å². The van der Waals surface area contributed by atoms with E-state index in [0.717, 1.165) is 13.1 Å². The highest BCUT2D eigenvalue weighted by Gasteiger charge is 2.21. The van der Waals surface area contributed by atoms with Crippen LogP contribution in [0.2, 0.25) is 0 Å². The van der Waals surface area contributed by atoms with Gasteiger partial charge in [0.15, 0.2) is 0 Å². The monoisotopic (exact) mass is 204 g/mol. The summed E-state index contributed by atoms with van der Waals surface area (Å²) < 4.78 is 10.8. The molecular formula is C10H24N2O2. The summed E-state index contributed by atoms with van der Waals surface area (Å²) in [5.41, 5.74) is 0. The van der Waals surface area contributed by atoms with Crippen LogP contribution in [0.5, 0.6) is 0 Å². The molecule has 0 bridgehead atoms. The fourth-order valence-corrected chi connectivity index (χ4v) is 1.41. The van der Waals surface area contributed by atoms with Gasteiger partial charge in [-0.25, -0.2) is 0 Å². The summed E-state index contributed by atoms with van der Waals surface area (Å²) in [4.78, 5) is 4.21. The Hall–Kier alpha value is -0.160.